The van der Waals surface area contributed by atoms with Crippen molar-refractivity contribution in [1.82, 2.24) is 0 Å². The lowest BCUT2D eigenvalue weighted by Crippen LogP contribution is -2.37. The van der Waals surface area contributed by atoms with E-state index >= 15 is 0 Å². The molecule has 0 aliphatic heterocycles. The summed E-state index contributed by atoms with van der Waals surface area (Å²) in [6.45, 7) is 15.0. The van der Waals surface area contributed by atoms with Crippen LogP contribution in [0.5, 0.6) is 0 Å². The predicted octanol–water partition coefficient (Wildman–Crippen LogP) is 6.28. The maximum Gasteiger partial charge on any atom is 0.422 e. The van der Waals surface area contributed by atoms with Crippen molar-refractivity contribution in [2.24, 2.45) is 0 Å². The average molecular weight is 1190 g/mol. The standard InChI is InChI=1S/C24H46F4O9.C16H34O9.C8H13BrF4/c1-23(25,24(26,27)28)5-3-2-4-7-30-9-11-32-13-15-34-17-19-36-21-22-37-20-18-35-16-14-33-12-10-31-8-6-29;17-1-3-19-5-7-21-9-11-23-13-15-25-16-14-24-12-10-22-8-6-20-4-2-18;1-7(10,8(11,12)13)5-3-2-4-6-9/h29H,2-22H2,1H3;17-18H,1-16H2;2-6H2,1H3. The zero-order valence-electron chi connectivity index (χ0n) is 44.6. The molecule has 18 nitrogen and oxygen atoms in total. The Bertz CT molecular complexity index is 1080. The summed E-state index contributed by atoms with van der Waals surface area (Å²) in [7, 11) is 0. The van der Waals surface area contributed by atoms with Crippen LogP contribution < -0.4 is 0 Å². The molecule has 0 saturated carbocycles. The summed E-state index contributed by atoms with van der Waals surface area (Å²) < 4.78 is 179. The van der Waals surface area contributed by atoms with E-state index in [0.717, 1.165) is 11.8 Å². The van der Waals surface area contributed by atoms with Crippen LogP contribution in [-0.2, 0) is 71.1 Å². The SMILES string of the molecule is CC(F)(CCCCCBr)C(F)(F)F.CC(F)(CCCCCOCCOCCOCCOCCOCCOCCOCCOCCO)C(F)(F)F.OCCOCCOCCOCCOCCOCCOCCOCCO. The Kier molecular flexibility index (Phi) is 62.0. The largest absolute Gasteiger partial charge is 0.422 e. The van der Waals surface area contributed by atoms with Crippen molar-refractivity contribution in [2.45, 2.75) is 88.9 Å². The van der Waals surface area contributed by atoms with E-state index in [1.54, 1.807) is 0 Å². The van der Waals surface area contributed by atoms with Gasteiger partial charge in [0.15, 0.2) is 0 Å². The number of aliphatic hydroxyl groups is 3. The van der Waals surface area contributed by atoms with Crippen molar-refractivity contribution in [1.29, 1.82) is 0 Å². The van der Waals surface area contributed by atoms with E-state index in [9.17, 15) is 35.1 Å². The van der Waals surface area contributed by atoms with Gasteiger partial charge in [-0.05, 0) is 52.4 Å². The summed E-state index contributed by atoms with van der Waals surface area (Å²) >= 11 is 3.15. The van der Waals surface area contributed by atoms with Crippen LogP contribution in [0.3, 0.4) is 0 Å². The van der Waals surface area contributed by atoms with Crippen molar-refractivity contribution in [3.05, 3.63) is 0 Å². The first-order chi connectivity index (χ1) is 36.0. The van der Waals surface area contributed by atoms with Gasteiger partial charge in [-0.1, -0.05) is 28.8 Å². The van der Waals surface area contributed by atoms with Gasteiger partial charge < -0.3 is 86.4 Å². The molecular weight excluding hydrogens is 1100 g/mol. The lowest BCUT2D eigenvalue weighted by atomic mass is 10.00. The van der Waals surface area contributed by atoms with Crippen LogP contribution in [0.15, 0.2) is 0 Å². The molecule has 0 radical (unpaired) electrons. The van der Waals surface area contributed by atoms with Gasteiger partial charge in [0.25, 0.3) is 0 Å². The number of alkyl halides is 9. The summed E-state index contributed by atoms with van der Waals surface area (Å²) in [6, 6.07) is 0. The normalized spacial score (nSPS) is 13.5. The Labute approximate surface area is 448 Å². The molecule has 0 aromatic heterocycles. The van der Waals surface area contributed by atoms with Crippen LogP contribution in [0.2, 0.25) is 0 Å². The summed E-state index contributed by atoms with van der Waals surface area (Å²) in [4.78, 5) is 0. The van der Waals surface area contributed by atoms with E-state index in [1.165, 1.54) is 0 Å². The van der Waals surface area contributed by atoms with Crippen LogP contribution >= 0.6 is 15.9 Å². The topological polar surface area (TPSA) is 199 Å². The highest BCUT2D eigenvalue weighted by atomic mass is 79.9. The molecule has 2 atom stereocenters. The monoisotopic (exact) mass is 1190 g/mol. The molecule has 0 aromatic carbocycles. The van der Waals surface area contributed by atoms with E-state index in [4.69, 9.17) is 86.4 Å². The third kappa shape index (κ3) is 62.3. The molecular formula is C48H93BrF8O18. The molecule has 0 fully saturated rings. The summed E-state index contributed by atoms with van der Waals surface area (Å²) in [5.41, 5.74) is -6.16. The highest BCUT2D eigenvalue weighted by molar-refractivity contribution is 9.09. The first-order valence-electron chi connectivity index (χ1n) is 25.6. The molecule has 456 valence electrons. The van der Waals surface area contributed by atoms with E-state index in [-0.39, 0.29) is 32.7 Å². The number of unbranched alkanes of at least 4 members (excludes halogenated alkanes) is 4. The van der Waals surface area contributed by atoms with Crippen molar-refractivity contribution in [3.8, 4) is 0 Å². The Morgan fingerprint density at radius 1 is 0.253 bits per heavy atom. The first-order valence-corrected chi connectivity index (χ1v) is 26.7. The molecule has 0 bridgehead atoms. The molecule has 27 heteroatoms. The second-order valence-corrected chi connectivity index (χ2v) is 16.9. The maximum absolute atomic E-state index is 13.4. The smallest absolute Gasteiger partial charge is 0.394 e. The second-order valence-electron chi connectivity index (χ2n) is 16.1. The summed E-state index contributed by atoms with van der Waals surface area (Å²) in [6.07, 6.45) is -7.62. The Hall–Kier alpha value is -0.800. The van der Waals surface area contributed by atoms with Crippen molar-refractivity contribution in [2.75, 3.05) is 223 Å². The van der Waals surface area contributed by atoms with Gasteiger partial charge in [0, 0.05) is 11.9 Å². The summed E-state index contributed by atoms with van der Waals surface area (Å²) in [5, 5.41) is 26.3. The maximum atomic E-state index is 13.4. The average Bonchev–Trinajstić information content (AvgIpc) is 3.36. The van der Waals surface area contributed by atoms with E-state index in [0.29, 0.717) is 231 Å². The third-order valence-corrected chi connectivity index (χ3v) is 10.0. The molecule has 0 aromatic rings. The van der Waals surface area contributed by atoms with Crippen LogP contribution in [-0.4, -0.2) is 262 Å². The Balaban J connectivity index is -0.00000117. The number of rotatable bonds is 56. The lowest BCUT2D eigenvalue weighted by Gasteiger charge is -2.23. The fourth-order valence-corrected chi connectivity index (χ4v) is 5.50. The molecule has 75 heavy (non-hydrogen) atoms. The molecule has 0 aliphatic rings. The van der Waals surface area contributed by atoms with Crippen LogP contribution in [0.4, 0.5) is 35.1 Å². The van der Waals surface area contributed by atoms with Gasteiger partial charge in [0.1, 0.15) is 0 Å². The van der Waals surface area contributed by atoms with Gasteiger partial charge in [0.05, 0.1) is 211 Å². The predicted molar refractivity (Wildman–Crippen MR) is 265 cm³/mol. The highest BCUT2D eigenvalue weighted by Crippen LogP contribution is 2.38. The number of aliphatic hydroxyl groups excluding tert-OH is 3. The molecule has 0 amide bonds. The molecule has 0 aliphatic carbocycles. The van der Waals surface area contributed by atoms with Gasteiger partial charge >= 0.3 is 12.4 Å². The fourth-order valence-electron chi connectivity index (χ4n) is 5.11. The lowest BCUT2D eigenvalue weighted by molar-refractivity contribution is -0.226. The minimum absolute atomic E-state index is 0.00978. The number of hydrogen-bond donors (Lipinski definition) is 3. The molecule has 2 unspecified atom stereocenters. The second kappa shape index (κ2) is 59.3. The van der Waals surface area contributed by atoms with Gasteiger partial charge in [0.2, 0.25) is 11.3 Å². The Morgan fingerprint density at radius 3 is 0.600 bits per heavy atom. The minimum atomic E-state index is -4.82. The van der Waals surface area contributed by atoms with Gasteiger partial charge in [-0.2, -0.15) is 26.3 Å². The molecule has 0 spiro atoms. The zero-order chi connectivity index (χ0) is 56.3. The van der Waals surface area contributed by atoms with E-state index in [2.05, 4.69) is 15.9 Å². The Morgan fingerprint density at radius 2 is 0.427 bits per heavy atom. The van der Waals surface area contributed by atoms with Crippen LogP contribution in [0.25, 0.3) is 0 Å². The van der Waals surface area contributed by atoms with Gasteiger partial charge in [-0.15, -0.1) is 0 Å². The van der Waals surface area contributed by atoms with Crippen molar-refractivity contribution >= 4 is 15.9 Å². The van der Waals surface area contributed by atoms with E-state index < -0.39 is 36.5 Å². The molecule has 0 rings (SSSR count). The molecule has 0 saturated heterocycles. The minimum Gasteiger partial charge on any atom is -0.394 e. The summed E-state index contributed by atoms with van der Waals surface area (Å²) in [5.74, 6) is 0. The van der Waals surface area contributed by atoms with Crippen molar-refractivity contribution in [3.63, 3.8) is 0 Å². The van der Waals surface area contributed by atoms with Gasteiger partial charge in [-0.25, -0.2) is 8.78 Å². The molecule has 0 heterocycles. The van der Waals surface area contributed by atoms with E-state index in [1.807, 2.05) is 0 Å². The number of halogens is 9. The first kappa shape index (κ1) is 78.4. The number of hydrogen-bond acceptors (Lipinski definition) is 18. The number of ether oxygens (including phenoxy) is 15. The fraction of sp³-hybridized carbons (Fsp3) is 1.00. The quantitative estimate of drug-likeness (QED) is 0.0349. The van der Waals surface area contributed by atoms with Gasteiger partial charge in [-0.3, -0.25) is 0 Å². The van der Waals surface area contributed by atoms with Crippen molar-refractivity contribution < 1.29 is 121 Å². The zero-order valence-corrected chi connectivity index (χ0v) is 46.2. The van der Waals surface area contributed by atoms with Crippen LogP contribution in [0, 0.1) is 0 Å². The molecule has 3 N–H and O–H groups in total. The highest BCUT2D eigenvalue weighted by Gasteiger charge is 2.52. The van der Waals surface area contributed by atoms with Crippen LogP contribution in [0.1, 0.15) is 65.2 Å². The third-order valence-electron chi connectivity index (χ3n) is 9.44.